The van der Waals surface area contributed by atoms with Crippen LogP contribution in [0.15, 0.2) is 53.4 Å². The first kappa shape index (κ1) is 15.1. The molecule has 0 aromatic heterocycles. The van der Waals surface area contributed by atoms with Gasteiger partial charge in [0.25, 0.3) is 0 Å². The molecule has 1 atom stereocenters. The fourth-order valence-electron chi connectivity index (χ4n) is 2.21. The number of rotatable bonds is 6. The number of hydrogen-bond donors (Lipinski definition) is 1. The molecule has 0 fully saturated rings. The Hall–Kier alpha value is -1.32. The minimum Gasteiger partial charge on any atom is -0.307 e. The average molecular weight is 289 g/mol. The van der Waals surface area contributed by atoms with E-state index < -0.39 is 0 Å². The first-order chi connectivity index (χ1) is 9.74. The Labute approximate surface area is 124 Å². The van der Waals surface area contributed by atoms with Gasteiger partial charge in [-0.15, -0.1) is 11.8 Å². The van der Waals surface area contributed by atoms with Crippen molar-refractivity contribution < 1.29 is 4.39 Å². The zero-order valence-corrected chi connectivity index (χ0v) is 12.7. The Kier molecular flexibility index (Phi) is 5.62. The van der Waals surface area contributed by atoms with Gasteiger partial charge in [0.2, 0.25) is 0 Å². The fourth-order valence-corrected chi connectivity index (χ4v) is 2.87. The highest BCUT2D eigenvalue weighted by Crippen LogP contribution is 2.25. The first-order valence-corrected chi connectivity index (χ1v) is 7.94. The Balaban J connectivity index is 2.25. The maximum atomic E-state index is 13.1. The second-order valence-corrected chi connectivity index (χ2v) is 5.88. The summed E-state index contributed by atoms with van der Waals surface area (Å²) >= 11 is 1.84. The number of nitrogens with one attached hydrogen (secondary N) is 1. The normalized spacial score (nSPS) is 12.3. The number of hydrogen-bond acceptors (Lipinski definition) is 2. The maximum Gasteiger partial charge on any atom is 0.123 e. The molecule has 1 N–H and O–H groups in total. The van der Waals surface area contributed by atoms with E-state index in [1.54, 1.807) is 0 Å². The van der Waals surface area contributed by atoms with E-state index in [2.05, 4.69) is 43.4 Å². The highest BCUT2D eigenvalue weighted by atomic mass is 32.2. The molecule has 106 valence electrons. The van der Waals surface area contributed by atoms with Crippen LogP contribution in [0.3, 0.4) is 0 Å². The van der Waals surface area contributed by atoms with Crippen molar-refractivity contribution in [3.8, 4) is 0 Å². The molecule has 0 heterocycles. The Morgan fingerprint density at radius 2 is 1.50 bits per heavy atom. The quantitative estimate of drug-likeness (QED) is 0.778. The lowest BCUT2D eigenvalue weighted by Crippen LogP contribution is -2.21. The molecule has 0 radical (unpaired) electrons. The first-order valence-electron chi connectivity index (χ1n) is 6.96. The molecule has 0 saturated carbocycles. The molecule has 0 aliphatic heterocycles. The van der Waals surface area contributed by atoms with Crippen molar-refractivity contribution in [1.82, 2.24) is 5.32 Å². The number of benzene rings is 2. The van der Waals surface area contributed by atoms with Crippen molar-refractivity contribution in [3.05, 3.63) is 65.5 Å². The van der Waals surface area contributed by atoms with Gasteiger partial charge in [-0.3, -0.25) is 0 Å². The molecular formula is C17H20FNS. The summed E-state index contributed by atoms with van der Waals surface area (Å²) in [5, 5.41) is 3.46. The molecule has 1 nitrogen and oxygen atoms in total. The van der Waals surface area contributed by atoms with E-state index in [-0.39, 0.29) is 11.9 Å². The van der Waals surface area contributed by atoms with E-state index in [1.807, 2.05) is 23.9 Å². The van der Waals surface area contributed by atoms with Crippen molar-refractivity contribution >= 4 is 11.8 Å². The monoisotopic (exact) mass is 289 g/mol. The van der Waals surface area contributed by atoms with Crippen LogP contribution in [0.5, 0.6) is 0 Å². The third kappa shape index (κ3) is 3.84. The third-order valence-electron chi connectivity index (χ3n) is 3.14. The molecule has 20 heavy (non-hydrogen) atoms. The zero-order valence-electron chi connectivity index (χ0n) is 11.9. The van der Waals surface area contributed by atoms with Crippen LogP contribution in [-0.2, 0) is 0 Å². The van der Waals surface area contributed by atoms with Crippen molar-refractivity contribution in [1.29, 1.82) is 0 Å². The lowest BCUT2D eigenvalue weighted by atomic mass is 9.99. The largest absolute Gasteiger partial charge is 0.307 e. The smallest absolute Gasteiger partial charge is 0.123 e. The van der Waals surface area contributed by atoms with Gasteiger partial charge in [0.1, 0.15) is 5.82 Å². The number of thioether (sulfide) groups is 1. The second-order valence-electron chi connectivity index (χ2n) is 4.54. The third-order valence-corrected chi connectivity index (χ3v) is 4.03. The minimum atomic E-state index is -0.196. The Morgan fingerprint density at radius 1 is 0.950 bits per heavy atom. The molecule has 0 bridgehead atoms. The van der Waals surface area contributed by atoms with Crippen LogP contribution in [0.4, 0.5) is 4.39 Å². The van der Waals surface area contributed by atoms with Crippen LogP contribution in [0, 0.1) is 5.82 Å². The summed E-state index contributed by atoms with van der Waals surface area (Å²) in [6.07, 6.45) is 0. The van der Waals surface area contributed by atoms with Crippen LogP contribution in [-0.4, -0.2) is 12.3 Å². The summed E-state index contributed by atoms with van der Waals surface area (Å²) in [5.74, 6) is 0.882. The molecular weight excluding hydrogens is 269 g/mol. The summed E-state index contributed by atoms with van der Waals surface area (Å²) in [5.41, 5.74) is 2.29. The highest BCUT2D eigenvalue weighted by Gasteiger charge is 2.12. The topological polar surface area (TPSA) is 12.0 Å². The van der Waals surface area contributed by atoms with E-state index in [9.17, 15) is 4.39 Å². The SMILES string of the molecule is CCNC(c1ccc(F)cc1)c1ccc(SCC)cc1. The highest BCUT2D eigenvalue weighted by molar-refractivity contribution is 7.99. The van der Waals surface area contributed by atoms with Crippen LogP contribution in [0.2, 0.25) is 0 Å². The van der Waals surface area contributed by atoms with E-state index in [0.717, 1.165) is 17.9 Å². The summed E-state index contributed by atoms with van der Waals surface area (Å²) in [6.45, 7) is 5.10. The molecule has 0 spiro atoms. The minimum absolute atomic E-state index is 0.112. The van der Waals surface area contributed by atoms with E-state index in [0.29, 0.717) is 0 Å². The molecule has 2 rings (SSSR count). The van der Waals surface area contributed by atoms with Crippen LogP contribution in [0.1, 0.15) is 31.0 Å². The van der Waals surface area contributed by atoms with Crippen molar-refractivity contribution in [2.75, 3.05) is 12.3 Å². The van der Waals surface area contributed by atoms with Gasteiger partial charge in [0.05, 0.1) is 6.04 Å². The van der Waals surface area contributed by atoms with E-state index >= 15 is 0 Å². The predicted molar refractivity (Wildman–Crippen MR) is 84.8 cm³/mol. The van der Waals surface area contributed by atoms with E-state index in [1.165, 1.54) is 22.6 Å². The summed E-state index contributed by atoms with van der Waals surface area (Å²) < 4.78 is 13.1. The van der Waals surface area contributed by atoms with E-state index in [4.69, 9.17) is 0 Å². The number of halogens is 1. The molecule has 0 aliphatic carbocycles. The van der Waals surface area contributed by atoms with Gasteiger partial charge >= 0.3 is 0 Å². The molecule has 0 amide bonds. The van der Waals surface area contributed by atoms with Gasteiger partial charge in [-0.25, -0.2) is 4.39 Å². The van der Waals surface area contributed by atoms with Crippen LogP contribution >= 0.6 is 11.8 Å². The van der Waals surface area contributed by atoms with Gasteiger partial charge in [0.15, 0.2) is 0 Å². The Morgan fingerprint density at radius 3 is 2.00 bits per heavy atom. The van der Waals surface area contributed by atoms with Gasteiger partial charge < -0.3 is 5.32 Å². The molecule has 2 aromatic rings. The molecule has 3 heteroatoms. The van der Waals surface area contributed by atoms with Gasteiger partial charge in [0, 0.05) is 4.90 Å². The predicted octanol–water partition coefficient (Wildman–Crippen LogP) is 4.64. The summed E-state index contributed by atoms with van der Waals surface area (Å²) in [4.78, 5) is 1.28. The summed E-state index contributed by atoms with van der Waals surface area (Å²) in [6, 6.07) is 15.4. The van der Waals surface area contributed by atoms with Crippen molar-refractivity contribution in [2.45, 2.75) is 24.8 Å². The molecule has 1 unspecified atom stereocenters. The van der Waals surface area contributed by atoms with Crippen molar-refractivity contribution in [3.63, 3.8) is 0 Å². The van der Waals surface area contributed by atoms with Gasteiger partial charge in [-0.1, -0.05) is 38.1 Å². The molecule has 2 aromatic carbocycles. The van der Waals surface area contributed by atoms with Gasteiger partial charge in [-0.05, 0) is 47.7 Å². The van der Waals surface area contributed by atoms with Crippen LogP contribution < -0.4 is 5.32 Å². The lowest BCUT2D eigenvalue weighted by Gasteiger charge is -2.19. The average Bonchev–Trinajstić information content (AvgIpc) is 2.47. The van der Waals surface area contributed by atoms with Gasteiger partial charge in [-0.2, -0.15) is 0 Å². The zero-order chi connectivity index (χ0) is 14.4. The Bertz CT molecular complexity index is 522. The standard InChI is InChI=1S/C17H20FNS/c1-3-19-17(13-5-9-15(18)10-6-13)14-7-11-16(12-8-14)20-4-2/h5-12,17,19H,3-4H2,1-2H3. The molecule has 0 aliphatic rings. The molecule has 0 saturated heterocycles. The lowest BCUT2D eigenvalue weighted by molar-refractivity contribution is 0.613. The van der Waals surface area contributed by atoms with Crippen molar-refractivity contribution in [2.24, 2.45) is 0 Å². The maximum absolute atomic E-state index is 13.1. The summed E-state index contributed by atoms with van der Waals surface area (Å²) in [7, 11) is 0. The fraction of sp³-hybridized carbons (Fsp3) is 0.294. The second kappa shape index (κ2) is 7.46. The van der Waals surface area contributed by atoms with Crippen LogP contribution in [0.25, 0.3) is 0 Å².